The molecule has 2 heterocycles. The summed E-state index contributed by atoms with van der Waals surface area (Å²) in [4.78, 5) is 12.1. The van der Waals surface area contributed by atoms with Crippen LogP contribution in [-0.4, -0.2) is 25.9 Å². The highest BCUT2D eigenvalue weighted by Crippen LogP contribution is 2.17. The molecule has 3 aromatic rings. The smallest absolute Gasteiger partial charge is 0.260 e. The average molecular weight is 334 g/mol. The normalized spacial score (nSPS) is 10.6. The van der Waals surface area contributed by atoms with Gasteiger partial charge in [0.05, 0.1) is 18.3 Å². The van der Waals surface area contributed by atoms with Crippen LogP contribution in [-0.2, 0) is 6.54 Å². The maximum Gasteiger partial charge on any atom is 0.260 e. The number of benzene rings is 1. The number of hydrogen-bond acceptors (Lipinski definition) is 5. The Morgan fingerprint density at radius 1 is 1.36 bits per heavy atom. The second-order valence-electron chi connectivity index (χ2n) is 4.60. The number of carbonyl (C=O) groups is 1. The molecule has 0 aliphatic carbocycles. The molecule has 8 heteroatoms. The Bertz CT molecular complexity index is 813. The lowest BCUT2D eigenvalue weighted by Crippen LogP contribution is -2.11. The van der Waals surface area contributed by atoms with E-state index in [1.807, 2.05) is 31.2 Å². The highest BCUT2D eigenvalue weighted by atomic mass is 35.5. The fourth-order valence-corrected chi connectivity index (χ4v) is 2.67. The highest BCUT2D eigenvalue weighted by Gasteiger charge is 2.12. The SMILES string of the molecule is Cc1nnc(NC(=O)c2cnn(Cc3ccccc3Cl)c2)s1. The number of nitrogens with zero attached hydrogens (tertiary/aromatic N) is 4. The summed E-state index contributed by atoms with van der Waals surface area (Å²) in [5.41, 5.74) is 1.40. The van der Waals surface area contributed by atoms with Gasteiger partial charge in [-0.3, -0.25) is 14.8 Å². The molecule has 0 aliphatic heterocycles. The van der Waals surface area contributed by atoms with Gasteiger partial charge in [0.25, 0.3) is 5.91 Å². The first-order valence-electron chi connectivity index (χ1n) is 6.49. The van der Waals surface area contributed by atoms with Crippen molar-refractivity contribution in [3.8, 4) is 0 Å². The Kier molecular flexibility index (Phi) is 4.17. The minimum atomic E-state index is -0.262. The Balaban J connectivity index is 1.70. The molecule has 0 spiro atoms. The number of carbonyl (C=O) groups excluding carboxylic acids is 1. The van der Waals surface area contributed by atoms with Crippen LogP contribution in [0.25, 0.3) is 0 Å². The summed E-state index contributed by atoms with van der Waals surface area (Å²) < 4.78 is 1.67. The van der Waals surface area contributed by atoms with Crippen LogP contribution in [0.4, 0.5) is 5.13 Å². The van der Waals surface area contributed by atoms with Crippen LogP contribution in [0.1, 0.15) is 20.9 Å². The lowest BCUT2D eigenvalue weighted by atomic mass is 10.2. The minimum Gasteiger partial charge on any atom is -0.296 e. The van der Waals surface area contributed by atoms with E-state index < -0.39 is 0 Å². The summed E-state index contributed by atoms with van der Waals surface area (Å²) in [6.07, 6.45) is 3.19. The molecule has 0 bridgehead atoms. The van der Waals surface area contributed by atoms with E-state index in [-0.39, 0.29) is 5.91 Å². The quantitative estimate of drug-likeness (QED) is 0.796. The summed E-state index contributed by atoms with van der Waals surface area (Å²) >= 11 is 7.44. The van der Waals surface area contributed by atoms with Crippen molar-refractivity contribution in [3.05, 3.63) is 57.8 Å². The molecule has 2 aromatic heterocycles. The Morgan fingerprint density at radius 2 is 2.18 bits per heavy atom. The molecule has 1 N–H and O–H groups in total. The number of aryl methyl sites for hydroxylation is 1. The average Bonchev–Trinajstić information content (AvgIpc) is 3.11. The lowest BCUT2D eigenvalue weighted by Gasteiger charge is -2.03. The third-order valence-corrected chi connectivity index (χ3v) is 4.05. The summed E-state index contributed by atoms with van der Waals surface area (Å²) in [5, 5.41) is 16.5. The van der Waals surface area contributed by atoms with Crippen LogP contribution in [0.5, 0.6) is 0 Å². The predicted molar refractivity (Wildman–Crippen MR) is 85.4 cm³/mol. The largest absolute Gasteiger partial charge is 0.296 e. The summed E-state index contributed by atoms with van der Waals surface area (Å²) in [6.45, 7) is 2.33. The zero-order chi connectivity index (χ0) is 15.5. The number of hydrogen-bond donors (Lipinski definition) is 1. The molecule has 0 aliphatic rings. The van der Waals surface area contributed by atoms with Crippen molar-refractivity contribution in [3.63, 3.8) is 0 Å². The molecule has 3 rings (SSSR count). The summed E-state index contributed by atoms with van der Waals surface area (Å²) in [6, 6.07) is 7.54. The lowest BCUT2D eigenvalue weighted by molar-refractivity contribution is 0.102. The van der Waals surface area contributed by atoms with Gasteiger partial charge in [0.1, 0.15) is 5.01 Å². The molecule has 0 saturated heterocycles. The first-order valence-corrected chi connectivity index (χ1v) is 7.68. The molecular formula is C14H12ClN5OS. The van der Waals surface area contributed by atoms with E-state index in [0.717, 1.165) is 10.6 Å². The number of rotatable bonds is 4. The fourth-order valence-electron chi connectivity index (χ4n) is 1.88. The van der Waals surface area contributed by atoms with Gasteiger partial charge < -0.3 is 0 Å². The summed E-state index contributed by atoms with van der Waals surface area (Å²) in [7, 11) is 0. The van der Waals surface area contributed by atoms with Crippen molar-refractivity contribution in [1.29, 1.82) is 0 Å². The molecular weight excluding hydrogens is 322 g/mol. The topological polar surface area (TPSA) is 72.7 Å². The van der Waals surface area contributed by atoms with Crippen molar-refractivity contribution in [2.75, 3.05) is 5.32 Å². The maximum absolute atomic E-state index is 12.1. The molecule has 22 heavy (non-hydrogen) atoms. The van der Waals surface area contributed by atoms with E-state index in [0.29, 0.717) is 22.3 Å². The van der Waals surface area contributed by atoms with Gasteiger partial charge in [-0.25, -0.2) is 0 Å². The Hall–Kier alpha value is -2.25. The van der Waals surface area contributed by atoms with Crippen LogP contribution in [0.3, 0.4) is 0 Å². The van der Waals surface area contributed by atoms with E-state index in [9.17, 15) is 4.79 Å². The fraction of sp³-hybridized carbons (Fsp3) is 0.143. The van der Waals surface area contributed by atoms with Gasteiger partial charge in [-0.1, -0.05) is 41.1 Å². The standard InChI is InChI=1S/C14H12ClN5OS/c1-9-18-19-14(22-9)17-13(21)11-6-16-20(8-11)7-10-4-2-3-5-12(10)15/h2-6,8H,7H2,1H3,(H,17,19,21). The molecule has 0 unspecified atom stereocenters. The minimum absolute atomic E-state index is 0.262. The Morgan fingerprint density at radius 3 is 2.91 bits per heavy atom. The second-order valence-corrected chi connectivity index (χ2v) is 6.19. The van der Waals surface area contributed by atoms with Gasteiger partial charge in [-0.2, -0.15) is 5.10 Å². The summed E-state index contributed by atoms with van der Waals surface area (Å²) in [5.74, 6) is -0.262. The number of amides is 1. The van der Waals surface area contributed by atoms with Crippen molar-refractivity contribution in [2.24, 2.45) is 0 Å². The monoisotopic (exact) mass is 333 g/mol. The van der Waals surface area contributed by atoms with Crippen molar-refractivity contribution >= 4 is 34.0 Å². The molecule has 1 aromatic carbocycles. The van der Waals surface area contributed by atoms with Gasteiger partial charge in [0.15, 0.2) is 0 Å². The molecule has 6 nitrogen and oxygen atoms in total. The molecule has 0 saturated carbocycles. The van der Waals surface area contributed by atoms with Gasteiger partial charge in [0, 0.05) is 11.2 Å². The van der Waals surface area contributed by atoms with E-state index in [1.165, 1.54) is 17.5 Å². The van der Waals surface area contributed by atoms with Crippen molar-refractivity contribution in [1.82, 2.24) is 20.0 Å². The molecule has 112 valence electrons. The van der Waals surface area contributed by atoms with Crippen LogP contribution in [0, 0.1) is 6.92 Å². The number of halogens is 1. The first-order chi connectivity index (χ1) is 10.6. The molecule has 0 fully saturated rings. The number of anilines is 1. The zero-order valence-electron chi connectivity index (χ0n) is 11.7. The van der Waals surface area contributed by atoms with Crippen molar-refractivity contribution in [2.45, 2.75) is 13.5 Å². The van der Waals surface area contributed by atoms with E-state index in [4.69, 9.17) is 11.6 Å². The van der Waals surface area contributed by atoms with E-state index in [1.54, 1.807) is 10.9 Å². The van der Waals surface area contributed by atoms with Crippen LogP contribution >= 0.6 is 22.9 Å². The molecule has 1 amide bonds. The van der Waals surface area contributed by atoms with Gasteiger partial charge in [0.2, 0.25) is 5.13 Å². The Labute approximate surface area is 135 Å². The maximum atomic E-state index is 12.1. The van der Waals surface area contributed by atoms with Crippen LogP contribution in [0.2, 0.25) is 5.02 Å². The first kappa shape index (κ1) is 14.7. The van der Waals surface area contributed by atoms with E-state index >= 15 is 0 Å². The van der Waals surface area contributed by atoms with Crippen LogP contribution < -0.4 is 5.32 Å². The third kappa shape index (κ3) is 3.32. The molecule has 0 radical (unpaired) electrons. The molecule has 0 atom stereocenters. The zero-order valence-corrected chi connectivity index (χ0v) is 13.2. The highest BCUT2D eigenvalue weighted by molar-refractivity contribution is 7.15. The van der Waals surface area contributed by atoms with Crippen LogP contribution in [0.15, 0.2) is 36.7 Å². The van der Waals surface area contributed by atoms with Gasteiger partial charge >= 0.3 is 0 Å². The van der Waals surface area contributed by atoms with Gasteiger partial charge in [-0.15, -0.1) is 10.2 Å². The number of aromatic nitrogens is 4. The number of nitrogens with one attached hydrogen (secondary N) is 1. The van der Waals surface area contributed by atoms with E-state index in [2.05, 4.69) is 20.6 Å². The third-order valence-electron chi connectivity index (χ3n) is 2.93. The second kappa shape index (κ2) is 6.25. The van der Waals surface area contributed by atoms with Gasteiger partial charge in [-0.05, 0) is 18.6 Å². The predicted octanol–water partition coefficient (Wildman–Crippen LogP) is 3.00. The van der Waals surface area contributed by atoms with Crippen molar-refractivity contribution < 1.29 is 4.79 Å².